The van der Waals surface area contributed by atoms with E-state index in [1.54, 1.807) is 0 Å². The van der Waals surface area contributed by atoms with E-state index in [-0.39, 0.29) is 6.03 Å². The molecule has 0 radical (unpaired) electrons. The van der Waals surface area contributed by atoms with Crippen molar-refractivity contribution in [3.8, 4) is 0 Å². The molecule has 1 aliphatic rings. The van der Waals surface area contributed by atoms with Gasteiger partial charge in [0.25, 0.3) is 0 Å². The number of benzene rings is 2. The third-order valence-electron chi connectivity index (χ3n) is 3.89. The summed E-state index contributed by atoms with van der Waals surface area (Å²) in [7, 11) is 0. The molecule has 2 amide bonds. The van der Waals surface area contributed by atoms with E-state index in [9.17, 15) is 4.79 Å². The van der Waals surface area contributed by atoms with E-state index in [1.807, 2.05) is 35.2 Å². The van der Waals surface area contributed by atoms with Crippen LogP contribution in [0.25, 0.3) is 0 Å². The molecule has 3 heteroatoms. The molecule has 1 aliphatic heterocycles. The number of nitrogens with one attached hydrogen (secondary N) is 1. The van der Waals surface area contributed by atoms with Gasteiger partial charge in [0.15, 0.2) is 0 Å². The van der Waals surface area contributed by atoms with E-state index in [1.165, 1.54) is 11.1 Å². The monoisotopic (exact) mass is 280 g/mol. The lowest BCUT2D eigenvalue weighted by Crippen LogP contribution is -2.42. The van der Waals surface area contributed by atoms with Gasteiger partial charge in [-0.05, 0) is 37.0 Å². The van der Waals surface area contributed by atoms with Crippen LogP contribution in [0.5, 0.6) is 0 Å². The van der Waals surface area contributed by atoms with Crippen molar-refractivity contribution in [2.75, 3.05) is 11.4 Å². The first-order valence-corrected chi connectivity index (χ1v) is 7.43. The van der Waals surface area contributed by atoms with Crippen molar-refractivity contribution < 1.29 is 4.79 Å². The second kappa shape index (κ2) is 6.00. The van der Waals surface area contributed by atoms with Crippen LogP contribution < -0.4 is 10.2 Å². The molecule has 108 valence electrons. The quantitative estimate of drug-likeness (QED) is 0.894. The summed E-state index contributed by atoms with van der Waals surface area (Å²) in [6.07, 6.45) is 2.08. The van der Waals surface area contributed by atoms with Crippen LogP contribution in [0.2, 0.25) is 0 Å². The molecule has 0 saturated carbocycles. The highest BCUT2D eigenvalue weighted by Gasteiger charge is 2.22. The summed E-state index contributed by atoms with van der Waals surface area (Å²) >= 11 is 0. The fourth-order valence-corrected chi connectivity index (χ4v) is 2.81. The number of urea groups is 1. The van der Waals surface area contributed by atoms with Gasteiger partial charge in [-0.15, -0.1) is 0 Å². The molecule has 0 atom stereocenters. The van der Waals surface area contributed by atoms with E-state index in [0.29, 0.717) is 6.54 Å². The van der Waals surface area contributed by atoms with Crippen molar-refractivity contribution in [1.29, 1.82) is 0 Å². The molecule has 0 fully saturated rings. The highest BCUT2D eigenvalue weighted by Crippen LogP contribution is 2.27. The Morgan fingerprint density at radius 1 is 1.19 bits per heavy atom. The lowest BCUT2D eigenvalue weighted by atomic mass is 10.00. The Balaban J connectivity index is 1.71. The molecule has 1 N–H and O–H groups in total. The summed E-state index contributed by atoms with van der Waals surface area (Å²) in [5.74, 6) is 0. The molecule has 0 spiro atoms. The average molecular weight is 280 g/mol. The standard InChI is InChI=1S/C18H20N2O/c1-14-9-10-17-16(12-14)8-5-11-20(17)18(21)19-13-15-6-3-2-4-7-15/h2-4,6-7,9-10,12H,5,8,11,13H2,1H3,(H,19,21). The van der Waals surface area contributed by atoms with Gasteiger partial charge in [0.05, 0.1) is 0 Å². The molecule has 1 heterocycles. The minimum atomic E-state index is -0.0105. The molecule has 0 aromatic heterocycles. The van der Waals surface area contributed by atoms with Crippen molar-refractivity contribution >= 4 is 11.7 Å². The van der Waals surface area contributed by atoms with Crippen molar-refractivity contribution in [3.05, 3.63) is 65.2 Å². The number of aryl methyl sites for hydroxylation is 2. The SMILES string of the molecule is Cc1ccc2c(c1)CCCN2C(=O)NCc1ccccc1. The zero-order valence-corrected chi connectivity index (χ0v) is 12.3. The first-order valence-electron chi connectivity index (χ1n) is 7.43. The van der Waals surface area contributed by atoms with Gasteiger partial charge in [-0.2, -0.15) is 0 Å². The zero-order valence-electron chi connectivity index (χ0n) is 12.3. The van der Waals surface area contributed by atoms with E-state index in [0.717, 1.165) is 30.6 Å². The van der Waals surface area contributed by atoms with Crippen LogP contribution in [0.15, 0.2) is 48.5 Å². The number of rotatable bonds is 2. The second-order valence-electron chi connectivity index (χ2n) is 5.53. The zero-order chi connectivity index (χ0) is 14.7. The van der Waals surface area contributed by atoms with Crippen LogP contribution in [0.3, 0.4) is 0 Å². The molecule has 3 rings (SSSR count). The highest BCUT2D eigenvalue weighted by molar-refractivity contribution is 5.93. The summed E-state index contributed by atoms with van der Waals surface area (Å²) in [6, 6.07) is 16.3. The van der Waals surface area contributed by atoms with Crippen LogP contribution in [0.1, 0.15) is 23.1 Å². The number of anilines is 1. The molecule has 0 saturated heterocycles. The van der Waals surface area contributed by atoms with Crippen LogP contribution in [-0.2, 0) is 13.0 Å². The number of fused-ring (bicyclic) bond motifs is 1. The second-order valence-corrected chi connectivity index (χ2v) is 5.53. The maximum Gasteiger partial charge on any atom is 0.322 e. The Morgan fingerprint density at radius 2 is 2.00 bits per heavy atom. The van der Waals surface area contributed by atoms with Gasteiger partial charge in [-0.1, -0.05) is 48.0 Å². The van der Waals surface area contributed by atoms with E-state index in [2.05, 4.69) is 30.4 Å². The average Bonchev–Trinajstić information content (AvgIpc) is 2.52. The van der Waals surface area contributed by atoms with Gasteiger partial charge < -0.3 is 5.32 Å². The van der Waals surface area contributed by atoms with Gasteiger partial charge in [0.1, 0.15) is 0 Å². The minimum absolute atomic E-state index is 0.0105. The predicted molar refractivity (Wildman–Crippen MR) is 85.5 cm³/mol. The van der Waals surface area contributed by atoms with Crippen LogP contribution in [-0.4, -0.2) is 12.6 Å². The number of hydrogen-bond donors (Lipinski definition) is 1. The summed E-state index contributed by atoms with van der Waals surface area (Å²) in [5, 5.41) is 3.01. The van der Waals surface area contributed by atoms with Crippen LogP contribution >= 0.6 is 0 Å². The number of carbonyl (C=O) groups is 1. The van der Waals surface area contributed by atoms with Crippen molar-refractivity contribution in [1.82, 2.24) is 5.32 Å². The number of carbonyl (C=O) groups excluding carboxylic acids is 1. The number of hydrogen-bond acceptors (Lipinski definition) is 1. The lowest BCUT2D eigenvalue weighted by Gasteiger charge is -2.29. The molecule has 0 unspecified atom stereocenters. The summed E-state index contributed by atoms with van der Waals surface area (Å²) in [4.78, 5) is 14.3. The van der Waals surface area contributed by atoms with Gasteiger partial charge >= 0.3 is 6.03 Å². The van der Waals surface area contributed by atoms with E-state index >= 15 is 0 Å². The molecular formula is C18H20N2O. The van der Waals surface area contributed by atoms with Crippen LogP contribution in [0.4, 0.5) is 10.5 Å². The Morgan fingerprint density at radius 3 is 2.81 bits per heavy atom. The fourth-order valence-electron chi connectivity index (χ4n) is 2.81. The van der Waals surface area contributed by atoms with Crippen molar-refractivity contribution in [2.24, 2.45) is 0 Å². The molecular weight excluding hydrogens is 260 g/mol. The van der Waals surface area contributed by atoms with E-state index in [4.69, 9.17) is 0 Å². The topological polar surface area (TPSA) is 32.3 Å². The summed E-state index contributed by atoms with van der Waals surface area (Å²) in [6.45, 7) is 3.45. The van der Waals surface area contributed by atoms with Gasteiger partial charge in [0, 0.05) is 18.8 Å². The molecule has 2 aromatic carbocycles. The summed E-state index contributed by atoms with van der Waals surface area (Å²) < 4.78 is 0. The maximum absolute atomic E-state index is 12.4. The first-order chi connectivity index (χ1) is 10.2. The van der Waals surface area contributed by atoms with Crippen molar-refractivity contribution in [3.63, 3.8) is 0 Å². The van der Waals surface area contributed by atoms with Crippen molar-refractivity contribution in [2.45, 2.75) is 26.3 Å². The predicted octanol–water partition coefficient (Wildman–Crippen LogP) is 3.66. The smallest absolute Gasteiger partial charge is 0.322 e. The Kier molecular flexibility index (Phi) is 3.91. The maximum atomic E-state index is 12.4. The van der Waals surface area contributed by atoms with Gasteiger partial charge in [-0.25, -0.2) is 4.79 Å². The molecule has 0 bridgehead atoms. The largest absolute Gasteiger partial charge is 0.334 e. The molecule has 3 nitrogen and oxygen atoms in total. The fraction of sp³-hybridized carbons (Fsp3) is 0.278. The van der Waals surface area contributed by atoms with Gasteiger partial charge in [0.2, 0.25) is 0 Å². The Bertz CT molecular complexity index is 637. The third-order valence-corrected chi connectivity index (χ3v) is 3.89. The summed E-state index contributed by atoms with van der Waals surface area (Å²) in [5.41, 5.74) is 4.70. The van der Waals surface area contributed by atoms with Gasteiger partial charge in [-0.3, -0.25) is 4.90 Å². The third kappa shape index (κ3) is 3.07. The Hall–Kier alpha value is -2.29. The normalized spacial score (nSPS) is 13.7. The van der Waals surface area contributed by atoms with E-state index < -0.39 is 0 Å². The molecule has 2 aromatic rings. The number of nitrogens with zero attached hydrogens (tertiary/aromatic N) is 1. The Labute approximate surface area is 125 Å². The minimum Gasteiger partial charge on any atom is -0.334 e. The molecule has 21 heavy (non-hydrogen) atoms. The number of amides is 2. The first kappa shape index (κ1) is 13.7. The lowest BCUT2D eigenvalue weighted by molar-refractivity contribution is 0.245. The molecule has 0 aliphatic carbocycles. The van der Waals surface area contributed by atoms with Crippen LogP contribution in [0, 0.1) is 6.92 Å². The highest BCUT2D eigenvalue weighted by atomic mass is 16.2.